The summed E-state index contributed by atoms with van der Waals surface area (Å²) in [4.78, 5) is 21.6. The van der Waals surface area contributed by atoms with Crippen molar-refractivity contribution < 1.29 is 9.18 Å². The Labute approximate surface area is 173 Å². The minimum atomic E-state index is -0.457. The summed E-state index contributed by atoms with van der Waals surface area (Å²) in [5.74, 6) is -0.246. The molecule has 1 amide bonds. The zero-order valence-corrected chi connectivity index (χ0v) is 16.8. The fraction of sp³-hybridized carbons (Fsp3) is 0.130. The monoisotopic (exact) mass is 401 g/mol. The van der Waals surface area contributed by atoms with Crippen LogP contribution in [0, 0.1) is 26.6 Å². The SMILES string of the molecule is Cc1cc(C)n(-c2cc(C(=O)Nc3cnc(C)nc3-c3ccccc3)ccc2F)n1. The number of hydrogen-bond donors (Lipinski definition) is 1. The van der Waals surface area contributed by atoms with Crippen LogP contribution in [-0.4, -0.2) is 25.7 Å². The largest absolute Gasteiger partial charge is 0.319 e. The second-order valence-electron chi connectivity index (χ2n) is 7.00. The summed E-state index contributed by atoms with van der Waals surface area (Å²) in [5, 5.41) is 7.17. The van der Waals surface area contributed by atoms with Gasteiger partial charge in [-0.05, 0) is 45.0 Å². The summed E-state index contributed by atoms with van der Waals surface area (Å²) >= 11 is 0. The molecule has 1 N–H and O–H groups in total. The van der Waals surface area contributed by atoms with Crippen molar-refractivity contribution in [2.45, 2.75) is 20.8 Å². The van der Waals surface area contributed by atoms with E-state index in [9.17, 15) is 9.18 Å². The molecule has 2 aromatic carbocycles. The third-order valence-corrected chi connectivity index (χ3v) is 4.65. The molecule has 0 aliphatic carbocycles. The van der Waals surface area contributed by atoms with Crippen LogP contribution in [-0.2, 0) is 0 Å². The lowest BCUT2D eigenvalue weighted by atomic mass is 10.1. The Balaban J connectivity index is 1.69. The normalized spacial score (nSPS) is 10.8. The quantitative estimate of drug-likeness (QED) is 0.540. The molecule has 0 aliphatic heterocycles. The van der Waals surface area contributed by atoms with Crippen LogP contribution in [0.3, 0.4) is 0 Å². The molecule has 0 saturated carbocycles. The number of benzene rings is 2. The fourth-order valence-electron chi connectivity index (χ4n) is 3.26. The molecule has 6 nitrogen and oxygen atoms in total. The summed E-state index contributed by atoms with van der Waals surface area (Å²) in [6.07, 6.45) is 1.58. The topological polar surface area (TPSA) is 72.7 Å². The van der Waals surface area contributed by atoms with Crippen LogP contribution in [0.25, 0.3) is 16.9 Å². The van der Waals surface area contributed by atoms with Gasteiger partial charge in [0.2, 0.25) is 0 Å². The molecule has 0 aliphatic rings. The van der Waals surface area contributed by atoms with E-state index in [1.54, 1.807) is 13.1 Å². The van der Waals surface area contributed by atoms with Crippen LogP contribution in [0.1, 0.15) is 27.6 Å². The molecule has 4 aromatic rings. The van der Waals surface area contributed by atoms with E-state index in [-0.39, 0.29) is 11.6 Å². The molecule has 30 heavy (non-hydrogen) atoms. The van der Waals surface area contributed by atoms with Gasteiger partial charge in [0.05, 0.1) is 23.3 Å². The zero-order chi connectivity index (χ0) is 21.3. The van der Waals surface area contributed by atoms with Crippen LogP contribution in [0.15, 0.2) is 60.8 Å². The maximum atomic E-state index is 14.5. The van der Waals surface area contributed by atoms with E-state index in [4.69, 9.17) is 0 Å². The second kappa shape index (κ2) is 7.87. The summed E-state index contributed by atoms with van der Waals surface area (Å²) in [6.45, 7) is 5.46. The Morgan fingerprint density at radius 1 is 1.03 bits per heavy atom. The first kappa shape index (κ1) is 19.4. The molecule has 0 atom stereocenters. The zero-order valence-electron chi connectivity index (χ0n) is 16.8. The predicted molar refractivity (Wildman–Crippen MR) is 113 cm³/mol. The Morgan fingerprint density at radius 3 is 2.50 bits per heavy atom. The number of carbonyl (C=O) groups is 1. The van der Waals surface area contributed by atoms with Crippen LogP contribution in [0.5, 0.6) is 0 Å². The van der Waals surface area contributed by atoms with E-state index in [1.165, 1.54) is 22.9 Å². The van der Waals surface area contributed by atoms with E-state index in [0.717, 1.165) is 17.0 Å². The van der Waals surface area contributed by atoms with Crippen LogP contribution in [0.2, 0.25) is 0 Å². The van der Waals surface area contributed by atoms with Gasteiger partial charge in [-0.15, -0.1) is 0 Å². The van der Waals surface area contributed by atoms with Gasteiger partial charge in [-0.3, -0.25) is 4.79 Å². The number of aromatic nitrogens is 4. The summed E-state index contributed by atoms with van der Waals surface area (Å²) < 4.78 is 15.9. The smallest absolute Gasteiger partial charge is 0.255 e. The van der Waals surface area contributed by atoms with E-state index in [0.29, 0.717) is 22.8 Å². The first-order valence-corrected chi connectivity index (χ1v) is 9.46. The predicted octanol–water partition coefficient (Wildman–Crippen LogP) is 4.65. The van der Waals surface area contributed by atoms with Crippen molar-refractivity contribution in [3.05, 3.63) is 89.4 Å². The molecular weight excluding hydrogens is 381 g/mol. The van der Waals surface area contributed by atoms with Gasteiger partial charge >= 0.3 is 0 Å². The lowest BCUT2D eigenvalue weighted by Gasteiger charge is -2.12. The minimum Gasteiger partial charge on any atom is -0.319 e. The fourth-order valence-corrected chi connectivity index (χ4v) is 3.26. The molecule has 0 saturated heterocycles. The first-order chi connectivity index (χ1) is 14.4. The van der Waals surface area contributed by atoms with Crippen molar-refractivity contribution in [2.24, 2.45) is 0 Å². The van der Waals surface area contributed by atoms with E-state index < -0.39 is 5.82 Å². The number of aryl methyl sites for hydroxylation is 3. The van der Waals surface area contributed by atoms with Crippen molar-refractivity contribution in [3.63, 3.8) is 0 Å². The average Bonchev–Trinajstić information content (AvgIpc) is 3.08. The highest BCUT2D eigenvalue weighted by Gasteiger charge is 2.16. The lowest BCUT2D eigenvalue weighted by molar-refractivity contribution is 0.102. The molecule has 2 aromatic heterocycles. The van der Waals surface area contributed by atoms with Gasteiger partial charge in [-0.1, -0.05) is 30.3 Å². The number of rotatable bonds is 4. The van der Waals surface area contributed by atoms with E-state index in [2.05, 4.69) is 20.4 Å². The number of hydrogen-bond acceptors (Lipinski definition) is 4. The van der Waals surface area contributed by atoms with Crippen molar-refractivity contribution in [1.82, 2.24) is 19.7 Å². The Hall–Kier alpha value is -3.87. The summed E-state index contributed by atoms with van der Waals surface area (Å²) in [5.41, 5.74) is 4.04. The van der Waals surface area contributed by atoms with Crippen LogP contribution in [0.4, 0.5) is 10.1 Å². The second-order valence-corrected chi connectivity index (χ2v) is 7.00. The first-order valence-electron chi connectivity index (χ1n) is 9.46. The number of nitrogens with zero attached hydrogens (tertiary/aromatic N) is 4. The van der Waals surface area contributed by atoms with Crippen molar-refractivity contribution in [3.8, 4) is 16.9 Å². The number of nitrogens with one attached hydrogen (secondary N) is 1. The van der Waals surface area contributed by atoms with E-state index >= 15 is 0 Å². The Bertz CT molecular complexity index is 1230. The van der Waals surface area contributed by atoms with Gasteiger partial charge in [0.15, 0.2) is 0 Å². The molecule has 2 heterocycles. The Kier molecular flexibility index (Phi) is 5.10. The molecule has 150 valence electrons. The van der Waals surface area contributed by atoms with Crippen molar-refractivity contribution >= 4 is 11.6 Å². The highest BCUT2D eigenvalue weighted by Crippen LogP contribution is 2.26. The Morgan fingerprint density at radius 2 is 1.80 bits per heavy atom. The van der Waals surface area contributed by atoms with Gasteiger partial charge in [0.1, 0.15) is 17.3 Å². The minimum absolute atomic E-state index is 0.219. The third-order valence-electron chi connectivity index (χ3n) is 4.65. The standard InChI is InChI=1S/C23H20FN5O/c1-14-11-15(2)29(28-14)21-12-18(9-10-19(21)24)23(30)27-20-13-25-16(3)26-22(20)17-7-5-4-6-8-17/h4-13H,1-3H3,(H,27,30). The van der Waals surface area contributed by atoms with Gasteiger partial charge in [0, 0.05) is 16.8 Å². The highest BCUT2D eigenvalue weighted by atomic mass is 19.1. The van der Waals surface area contributed by atoms with Gasteiger partial charge < -0.3 is 5.32 Å². The molecule has 0 bridgehead atoms. The number of anilines is 1. The van der Waals surface area contributed by atoms with Gasteiger partial charge in [-0.2, -0.15) is 5.10 Å². The molecular formula is C23H20FN5O. The van der Waals surface area contributed by atoms with Crippen LogP contribution < -0.4 is 5.32 Å². The molecule has 0 fully saturated rings. The number of amides is 1. The van der Waals surface area contributed by atoms with Crippen LogP contribution >= 0.6 is 0 Å². The number of halogens is 1. The summed E-state index contributed by atoms with van der Waals surface area (Å²) in [6, 6.07) is 15.6. The molecule has 0 spiro atoms. The maximum absolute atomic E-state index is 14.5. The molecule has 7 heteroatoms. The highest BCUT2D eigenvalue weighted by molar-refractivity contribution is 6.06. The van der Waals surface area contributed by atoms with Gasteiger partial charge in [-0.25, -0.2) is 19.0 Å². The van der Waals surface area contributed by atoms with Crippen molar-refractivity contribution in [1.29, 1.82) is 0 Å². The molecule has 0 radical (unpaired) electrons. The van der Waals surface area contributed by atoms with E-state index in [1.807, 2.05) is 50.2 Å². The maximum Gasteiger partial charge on any atom is 0.255 e. The number of carbonyl (C=O) groups excluding carboxylic acids is 1. The van der Waals surface area contributed by atoms with Gasteiger partial charge in [0.25, 0.3) is 5.91 Å². The van der Waals surface area contributed by atoms with Crippen molar-refractivity contribution in [2.75, 3.05) is 5.32 Å². The molecule has 4 rings (SSSR count). The summed E-state index contributed by atoms with van der Waals surface area (Å²) in [7, 11) is 0. The lowest BCUT2D eigenvalue weighted by Crippen LogP contribution is -2.15. The molecule has 0 unspecified atom stereocenters. The third kappa shape index (κ3) is 3.82. The average molecular weight is 401 g/mol.